The lowest BCUT2D eigenvalue weighted by Crippen LogP contribution is -2.50. The fourth-order valence-corrected chi connectivity index (χ4v) is 6.23. The van der Waals surface area contributed by atoms with Crippen LogP contribution in [0, 0.1) is 0 Å². The molecular formula is C27H28ClN3O4S. The van der Waals surface area contributed by atoms with Gasteiger partial charge in [0.1, 0.15) is 5.75 Å². The summed E-state index contributed by atoms with van der Waals surface area (Å²) in [5.74, 6) is -0.0958. The molecule has 1 saturated heterocycles. The van der Waals surface area contributed by atoms with E-state index in [1.54, 1.807) is 30.3 Å². The number of carbonyl (C=O) groups excluding carboxylic acids is 1. The van der Waals surface area contributed by atoms with E-state index in [-0.39, 0.29) is 23.1 Å². The Labute approximate surface area is 216 Å². The van der Waals surface area contributed by atoms with Gasteiger partial charge in [-0.1, -0.05) is 54.1 Å². The number of amides is 1. The van der Waals surface area contributed by atoms with Crippen LogP contribution in [0.2, 0.25) is 5.02 Å². The maximum Gasteiger partial charge on any atom is 0.264 e. The molecule has 3 aromatic rings. The van der Waals surface area contributed by atoms with E-state index in [9.17, 15) is 13.2 Å². The smallest absolute Gasteiger partial charge is 0.264 e. The second kappa shape index (κ2) is 10.5. The number of nitrogens with one attached hydrogen (secondary N) is 1. The van der Waals surface area contributed by atoms with Gasteiger partial charge in [-0.15, -0.1) is 0 Å². The van der Waals surface area contributed by atoms with Crippen LogP contribution < -0.4 is 14.4 Å². The monoisotopic (exact) mass is 525 g/mol. The highest BCUT2D eigenvalue weighted by Gasteiger charge is 2.37. The number of benzene rings is 3. The lowest BCUT2D eigenvalue weighted by atomic mass is 10.1. The third kappa shape index (κ3) is 5.36. The van der Waals surface area contributed by atoms with Gasteiger partial charge in [0.2, 0.25) is 0 Å². The van der Waals surface area contributed by atoms with Crippen LogP contribution in [0.3, 0.4) is 0 Å². The first-order valence-electron chi connectivity index (χ1n) is 12.0. The van der Waals surface area contributed by atoms with E-state index < -0.39 is 16.1 Å². The summed E-state index contributed by atoms with van der Waals surface area (Å²) in [6.45, 7) is 3.39. The maximum atomic E-state index is 13.5. The zero-order chi connectivity index (χ0) is 25.1. The van der Waals surface area contributed by atoms with Crippen LogP contribution >= 0.6 is 11.6 Å². The van der Waals surface area contributed by atoms with Gasteiger partial charge in [0.15, 0.2) is 6.10 Å². The fraction of sp³-hybridized carbons (Fsp3) is 0.296. The molecule has 1 N–H and O–H groups in total. The van der Waals surface area contributed by atoms with Gasteiger partial charge in [0, 0.05) is 18.1 Å². The zero-order valence-electron chi connectivity index (χ0n) is 19.8. The van der Waals surface area contributed by atoms with Crippen molar-refractivity contribution in [2.45, 2.75) is 36.9 Å². The van der Waals surface area contributed by atoms with E-state index in [4.69, 9.17) is 16.3 Å². The molecule has 9 heteroatoms. The molecule has 188 valence electrons. The van der Waals surface area contributed by atoms with Crippen molar-refractivity contribution in [1.29, 1.82) is 0 Å². The Balaban J connectivity index is 1.29. The van der Waals surface area contributed by atoms with Crippen LogP contribution in [-0.2, 0) is 27.9 Å². The molecule has 2 aliphatic heterocycles. The average Bonchev–Trinajstić information content (AvgIpc) is 3.41. The predicted octanol–water partition coefficient (Wildman–Crippen LogP) is 4.21. The number of rotatable bonds is 7. The molecule has 1 unspecified atom stereocenters. The van der Waals surface area contributed by atoms with Crippen molar-refractivity contribution in [2.24, 2.45) is 0 Å². The fourth-order valence-electron chi connectivity index (χ4n) is 4.57. The Bertz CT molecular complexity index is 1330. The minimum Gasteiger partial charge on any atom is -0.476 e. The third-order valence-corrected chi connectivity index (χ3v) is 8.54. The lowest BCUT2D eigenvalue weighted by Gasteiger charge is -2.34. The van der Waals surface area contributed by atoms with Crippen molar-refractivity contribution in [3.63, 3.8) is 0 Å². The normalized spacial score (nSPS) is 17.9. The molecule has 2 aliphatic rings. The van der Waals surface area contributed by atoms with Gasteiger partial charge in [-0.2, -0.15) is 0 Å². The number of ether oxygens (including phenoxy) is 1. The molecule has 7 nitrogen and oxygen atoms in total. The molecule has 1 amide bonds. The highest BCUT2D eigenvalue weighted by atomic mass is 35.5. The molecular weight excluding hydrogens is 498 g/mol. The Morgan fingerprint density at radius 2 is 1.67 bits per heavy atom. The molecule has 0 spiro atoms. The van der Waals surface area contributed by atoms with E-state index >= 15 is 0 Å². The van der Waals surface area contributed by atoms with Crippen LogP contribution in [-0.4, -0.2) is 45.0 Å². The minimum atomic E-state index is -3.93. The standard InChI is InChI=1S/C27H28ClN3O4S/c28-22-12-13-25-24(16-22)31(36(33,34)23-6-2-1-3-7-23)19-26(35-25)27(32)29-17-20-8-10-21(11-9-20)18-30-14-4-5-15-30/h1-3,6-13,16,26H,4-5,14-15,17-19H2,(H,29,32). The number of likely N-dealkylation sites (tertiary alicyclic amines) is 1. The molecule has 1 fully saturated rings. The number of sulfonamides is 1. The highest BCUT2D eigenvalue weighted by molar-refractivity contribution is 7.92. The predicted molar refractivity (Wildman–Crippen MR) is 140 cm³/mol. The van der Waals surface area contributed by atoms with Gasteiger partial charge in [-0.05, 0) is 67.4 Å². The summed E-state index contributed by atoms with van der Waals surface area (Å²) in [4.78, 5) is 15.6. The number of hydrogen-bond donors (Lipinski definition) is 1. The first kappa shape index (κ1) is 24.6. The summed E-state index contributed by atoms with van der Waals surface area (Å²) in [7, 11) is -3.93. The van der Waals surface area contributed by atoms with Gasteiger partial charge >= 0.3 is 0 Å². The van der Waals surface area contributed by atoms with E-state index in [1.165, 1.54) is 40.9 Å². The van der Waals surface area contributed by atoms with Crippen molar-refractivity contribution in [3.05, 3.63) is 88.9 Å². The lowest BCUT2D eigenvalue weighted by molar-refractivity contribution is -0.127. The largest absolute Gasteiger partial charge is 0.476 e. The van der Waals surface area contributed by atoms with Crippen molar-refractivity contribution >= 4 is 33.2 Å². The molecule has 0 saturated carbocycles. The maximum absolute atomic E-state index is 13.5. The van der Waals surface area contributed by atoms with E-state index in [0.29, 0.717) is 17.3 Å². The molecule has 5 rings (SSSR count). The Morgan fingerprint density at radius 1 is 0.972 bits per heavy atom. The Kier molecular flexibility index (Phi) is 7.18. The van der Waals surface area contributed by atoms with Gasteiger partial charge in [-0.3, -0.25) is 14.0 Å². The molecule has 36 heavy (non-hydrogen) atoms. The summed E-state index contributed by atoms with van der Waals surface area (Å²) in [5, 5.41) is 3.27. The third-order valence-electron chi connectivity index (χ3n) is 6.51. The zero-order valence-corrected chi connectivity index (χ0v) is 21.3. The number of anilines is 1. The summed E-state index contributed by atoms with van der Waals surface area (Å²) in [6.07, 6.45) is 1.51. The topological polar surface area (TPSA) is 79.0 Å². The average molecular weight is 526 g/mol. The number of carbonyl (C=O) groups is 1. The van der Waals surface area contributed by atoms with E-state index in [2.05, 4.69) is 22.3 Å². The molecule has 0 aliphatic carbocycles. The van der Waals surface area contributed by atoms with Crippen molar-refractivity contribution in [3.8, 4) is 5.75 Å². The number of fused-ring (bicyclic) bond motifs is 1. The quantitative estimate of drug-likeness (QED) is 0.500. The molecule has 1 atom stereocenters. The summed E-state index contributed by atoms with van der Waals surface area (Å²) < 4.78 is 34.0. The number of halogens is 1. The summed E-state index contributed by atoms with van der Waals surface area (Å²) in [6, 6.07) is 21.0. The molecule has 0 bridgehead atoms. The first-order chi connectivity index (χ1) is 17.4. The highest BCUT2D eigenvalue weighted by Crippen LogP contribution is 2.38. The first-order valence-corrected chi connectivity index (χ1v) is 13.8. The van der Waals surface area contributed by atoms with Gasteiger partial charge in [0.05, 0.1) is 17.1 Å². The second-order valence-electron chi connectivity index (χ2n) is 9.09. The SMILES string of the molecule is O=C(NCc1ccc(CN2CCCC2)cc1)C1CN(S(=O)(=O)c2ccccc2)c2cc(Cl)ccc2O1. The number of nitrogens with zero attached hydrogens (tertiary/aromatic N) is 2. The Hall–Kier alpha value is -3.07. The molecule has 0 aromatic heterocycles. The van der Waals surface area contributed by atoms with Gasteiger partial charge < -0.3 is 10.1 Å². The van der Waals surface area contributed by atoms with Crippen LogP contribution in [0.5, 0.6) is 5.75 Å². The van der Waals surface area contributed by atoms with Crippen LogP contribution in [0.1, 0.15) is 24.0 Å². The molecule has 0 radical (unpaired) electrons. The van der Waals surface area contributed by atoms with Gasteiger partial charge in [-0.25, -0.2) is 8.42 Å². The van der Waals surface area contributed by atoms with Gasteiger partial charge in [0.25, 0.3) is 15.9 Å². The van der Waals surface area contributed by atoms with E-state index in [1.807, 2.05) is 12.1 Å². The Morgan fingerprint density at radius 3 is 2.39 bits per heavy atom. The molecule has 2 heterocycles. The van der Waals surface area contributed by atoms with Crippen LogP contribution in [0.15, 0.2) is 77.7 Å². The second-order valence-corrected chi connectivity index (χ2v) is 11.4. The summed E-state index contributed by atoms with van der Waals surface area (Å²) in [5.41, 5.74) is 2.52. The minimum absolute atomic E-state index is 0.131. The van der Waals surface area contributed by atoms with E-state index in [0.717, 1.165) is 25.2 Å². The van der Waals surface area contributed by atoms with Crippen molar-refractivity contribution < 1.29 is 17.9 Å². The number of hydrogen-bond acceptors (Lipinski definition) is 5. The van der Waals surface area contributed by atoms with Crippen molar-refractivity contribution in [1.82, 2.24) is 10.2 Å². The van der Waals surface area contributed by atoms with Crippen molar-refractivity contribution in [2.75, 3.05) is 23.9 Å². The summed E-state index contributed by atoms with van der Waals surface area (Å²) >= 11 is 6.15. The van der Waals surface area contributed by atoms with Crippen LogP contribution in [0.25, 0.3) is 0 Å². The molecule has 3 aromatic carbocycles. The van der Waals surface area contributed by atoms with Crippen LogP contribution in [0.4, 0.5) is 5.69 Å².